The van der Waals surface area contributed by atoms with E-state index in [0.29, 0.717) is 41.7 Å². The summed E-state index contributed by atoms with van der Waals surface area (Å²) < 4.78 is 22.2. The van der Waals surface area contributed by atoms with Gasteiger partial charge in [-0.25, -0.2) is 0 Å². The van der Waals surface area contributed by atoms with Crippen LogP contribution in [0.2, 0.25) is 0 Å². The molecule has 0 bridgehead atoms. The quantitative estimate of drug-likeness (QED) is 0.529. The van der Waals surface area contributed by atoms with Gasteiger partial charge in [0.15, 0.2) is 23.0 Å². The molecule has 1 saturated heterocycles. The second-order valence-corrected chi connectivity index (χ2v) is 9.57. The lowest BCUT2D eigenvalue weighted by atomic mass is 9.96. The number of benzene rings is 2. The van der Waals surface area contributed by atoms with Gasteiger partial charge in [-0.1, -0.05) is 37.8 Å². The Hall–Kier alpha value is -3.42. The summed E-state index contributed by atoms with van der Waals surface area (Å²) in [5.74, 6) is 2.41. The summed E-state index contributed by atoms with van der Waals surface area (Å²) in [5.41, 5.74) is 1.60. The van der Waals surface area contributed by atoms with E-state index in [4.69, 9.17) is 18.9 Å². The fraction of sp³-hybridized carbons (Fsp3) is 0.500. The summed E-state index contributed by atoms with van der Waals surface area (Å²) >= 11 is 0. The Morgan fingerprint density at radius 3 is 2.47 bits per heavy atom. The summed E-state index contributed by atoms with van der Waals surface area (Å²) in [6.07, 6.45) is 6.43. The summed E-state index contributed by atoms with van der Waals surface area (Å²) in [4.78, 5) is 31.3. The molecular formula is C28H34N2O6. The SMILES string of the molecule is CCOc1ccc([C@H]2C(=O)N(C3CCCCCC3)CC(=O)N2Cc2ccc3c(c2)OCO3)cc1OC. The van der Waals surface area contributed by atoms with Crippen LogP contribution in [-0.4, -0.2) is 54.7 Å². The average molecular weight is 495 g/mol. The standard InChI is InChI=1S/C28H34N2O6/c1-3-34-22-13-11-20(15-24(22)33-2)27-28(32)29(21-8-6-4-5-7-9-21)17-26(31)30(27)16-19-10-12-23-25(14-19)36-18-35-23/h10-15,21,27H,3-9,16-18H2,1-2H3/t27-/m0/s1. The summed E-state index contributed by atoms with van der Waals surface area (Å²) in [5, 5.41) is 0. The molecule has 1 saturated carbocycles. The van der Waals surface area contributed by atoms with Crippen LogP contribution in [-0.2, 0) is 16.1 Å². The minimum atomic E-state index is -0.746. The van der Waals surface area contributed by atoms with Crippen molar-refractivity contribution in [3.63, 3.8) is 0 Å². The maximum atomic E-state index is 14.1. The highest BCUT2D eigenvalue weighted by Gasteiger charge is 2.43. The molecule has 192 valence electrons. The molecule has 36 heavy (non-hydrogen) atoms. The maximum absolute atomic E-state index is 14.1. The van der Waals surface area contributed by atoms with Gasteiger partial charge in [-0.2, -0.15) is 0 Å². The number of carbonyl (C=O) groups excluding carboxylic acids is 2. The van der Waals surface area contributed by atoms with Gasteiger partial charge >= 0.3 is 0 Å². The van der Waals surface area contributed by atoms with Gasteiger partial charge in [-0.05, 0) is 55.2 Å². The van der Waals surface area contributed by atoms with Crippen molar-refractivity contribution < 1.29 is 28.5 Å². The largest absolute Gasteiger partial charge is 0.493 e. The van der Waals surface area contributed by atoms with Gasteiger partial charge in [0.05, 0.1) is 13.7 Å². The van der Waals surface area contributed by atoms with Crippen LogP contribution in [0.4, 0.5) is 0 Å². The topological polar surface area (TPSA) is 77.5 Å². The first kappa shape index (κ1) is 24.3. The van der Waals surface area contributed by atoms with Crippen LogP contribution in [0.15, 0.2) is 36.4 Å². The second kappa shape index (κ2) is 10.7. The molecule has 8 heteroatoms. The van der Waals surface area contributed by atoms with E-state index in [1.54, 1.807) is 12.0 Å². The number of nitrogens with zero attached hydrogens (tertiary/aromatic N) is 2. The van der Waals surface area contributed by atoms with E-state index in [9.17, 15) is 9.59 Å². The Morgan fingerprint density at radius 2 is 1.72 bits per heavy atom. The molecule has 2 aliphatic heterocycles. The van der Waals surface area contributed by atoms with Gasteiger partial charge in [-0.15, -0.1) is 0 Å². The zero-order valence-electron chi connectivity index (χ0n) is 21.0. The number of amides is 2. The van der Waals surface area contributed by atoms with Crippen molar-refractivity contribution >= 4 is 11.8 Å². The lowest BCUT2D eigenvalue weighted by molar-refractivity contribution is -0.159. The van der Waals surface area contributed by atoms with Crippen LogP contribution >= 0.6 is 0 Å². The Bertz CT molecular complexity index is 1110. The number of ether oxygens (including phenoxy) is 4. The van der Waals surface area contributed by atoms with Crippen LogP contribution in [0.3, 0.4) is 0 Å². The Labute approximate surface area is 212 Å². The molecule has 0 N–H and O–H groups in total. The number of carbonyl (C=O) groups is 2. The van der Waals surface area contributed by atoms with Crippen molar-refractivity contribution in [2.45, 2.75) is 64.1 Å². The third-order valence-corrected chi connectivity index (χ3v) is 7.31. The summed E-state index contributed by atoms with van der Waals surface area (Å²) in [6.45, 7) is 3.00. The third-order valence-electron chi connectivity index (χ3n) is 7.31. The van der Waals surface area contributed by atoms with Crippen LogP contribution in [0.5, 0.6) is 23.0 Å². The molecule has 2 aromatic carbocycles. The molecule has 0 aromatic heterocycles. The van der Waals surface area contributed by atoms with Crippen molar-refractivity contribution in [1.29, 1.82) is 0 Å². The number of rotatable bonds is 7. The van der Waals surface area contributed by atoms with Gasteiger partial charge in [-0.3, -0.25) is 9.59 Å². The van der Waals surface area contributed by atoms with E-state index in [0.717, 1.165) is 31.2 Å². The monoisotopic (exact) mass is 494 g/mol. The van der Waals surface area contributed by atoms with E-state index < -0.39 is 6.04 Å². The minimum absolute atomic E-state index is 0.0338. The Balaban J connectivity index is 1.50. The molecule has 0 radical (unpaired) electrons. The van der Waals surface area contributed by atoms with Crippen LogP contribution in [0, 0.1) is 0 Å². The van der Waals surface area contributed by atoms with Gasteiger partial charge in [0.25, 0.3) is 5.91 Å². The fourth-order valence-electron chi connectivity index (χ4n) is 5.49. The Kier molecular flexibility index (Phi) is 7.20. The average Bonchev–Trinajstić information content (AvgIpc) is 3.19. The zero-order valence-corrected chi connectivity index (χ0v) is 21.0. The van der Waals surface area contributed by atoms with E-state index >= 15 is 0 Å². The highest BCUT2D eigenvalue weighted by Crippen LogP contribution is 2.38. The van der Waals surface area contributed by atoms with Crippen molar-refractivity contribution in [2.24, 2.45) is 0 Å². The molecule has 8 nitrogen and oxygen atoms in total. The number of methoxy groups -OCH3 is 1. The smallest absolute Gasteiger partial charge is 0.250 e. The number of piperazine rings is 1. The van der Waals surface area contributed by atoms with Gasteiger partial charge in [0.2, 0.25) is 12.7 Å². The highest BCUT2D eigenvalue weighted by molar-refractivity contribution is 5.96. The molecule has 3 aliphatic rings. The van der Waals surface area contributed by atoms with Crippen LogP contribution < -0.4 is 18.9 Å². The maximum Gasteiger partial charge on any atom is 0.250 e. The fourth-order valence-corrected chi connectivity index (χ4v) is 5.49. The van der Waals surface area contributed by atoms with Crippen molar-refractivity contribution in [3.05, 3.63) is 47.5 Å². The molecule has 1 atom stereocenters. The zero-order chi connectivity index (χ0) is 25.1. The third kappa shape index (κ3) is 4.81. The second-order valence-electron chi connectivity index (χ2n) is 9.57. The molecule has 2 amide bonds. The van der Waals surface area contributed by atoms with E-state index in [2.05, 4.69) is 0 Å². The molecule has 0 spiro atoms. The molecule has 0 unspecified atom stereocenters. The van der Waals surface area contributed by atoms with Crippen molar-refractivity contribution in [3.8, 4) is 23.0 Å². The first-order valence-electron chi connectivity index (χ1n) is 12.9. The predicted molar refractivity (Wildman–Crippen MR) is 133 cm³/mol. The number of fused-ring (bicyclic) bond motifs is 1. The molecule has 1 aliphatic carbocycles. The van der Waals surface area contributed by atoms with Crippen molar-refractivity contribution in [1.82, 2.24) is 9.80 Å². The van der Waals surface area contributed by atoms with Crippen molar-refractivity contribution in [2.75, 3.05) is 27.1 Å². The first-order valence-corrected chi connectivity index (χ1v) is 12.9. The van der Waals surface area contributed by atoms with Crippen LogP contribution in [0.25, 0.3) is 0 Å². The predicted octanol–water partition coefficient (Wildman–Crippen LogP) is 4.46. The minimum Gasteiger partial charge on any atom is -0.493 e. The summed E-state index contributed by atoms with van der Waals surface area (Å²) in [7, 11) is 1.58. The van der Waals surface area contributed by atoms with Gasteiger partial charge in [0, 0.05) is 12.6 Å². The highest BCUT2D eigenvalue weighted by atomic mass is 16.7. The molecule has 5 rings (SSSR count). The first-order chi connectivity index (χ1) is 17.6. The van der Waals surface area contributed by atoms with Crippen LogP contribution in [0.1, 0.15) is 62.6 Å². The molecule has 2 heterocycles. The summed E-state index contributed by atoms with van der Waals surface area (Å²) in [6, 6.07) is 10.5. The lowest BCUT2D eigenvalue weighted by Gasteiger charge is -2.43. The number of hydrogen-bond donors (Lipinski definition) is 0. The normalized spacial score (nSPS) is 20.4. The Morgan fingerprint density at radius 1 is 0.944 bits per heavy atom. The van der Waals surface area contributed by atoms with E-state index in [1.807, 2.05) is 48.2 Å². The molecular weight excluding hydrogens is 460 g/mol. The molecule has 2 fully saturated rings. The number of hydrogen-bond acceptors (Lipinski definition) is 6. The van der Waals surface area contributed by atoms with Gasteiger partial charge < -0.3 is 28.7 Å². The lowest BCUT2D eigenvalue weighted by Crippen LogP contribution is -2.57. The van der Waals surface area contributed by atoms with Gasteiger partial charge in [0.1, 0.15) is 12.6 Å². The van der Waals surface area contributed by atoms with E-state index in [-0.39, 0.29) is 31.2 Å². The van der Waals surface area contributed by atoms with E-state index in [1.165, 1.54) is 12.8 Å². The molecule has 2 aromatic rings.